The lowest BCUT2D eigenvalue weighted by Gasteiger charge is -2.13. The van der Waals surface area contributed by atoms with Gasteiger partial charge in [0.05, 0.1) is 5.55 Å². The van der Waals surface area contributed by atoms with Crippen LogP contribution in [-0.2, 0) is 19.1 Å². The minimum atomic E-state index is 0.309. The van der Waals surface area contributed by atoms with Gasteiger partial charge in [0.1, 0.15) is 0 Å². The lowest BCUT2D eigenvalue weighted by molar-refractivity contribution is 1.05. The number of hydrogen-bond donors (Lipinski definition) is 1. The van der Waals surface area contributed by atoms with Crippen molar-refractivity contribution >= 4 is 24.6 Å². The van der Waals surface area contributed by atoms with E-state index < -0.39 is 0 Å². The van der Waals surface area contributed by atoms with Crippen LogP contribution in [0.3, 0.4) is 0 Å². The highest BCUT2D eigenvalue weighted by molar-refractivity contribution is 8.49. The summed E-state index contributed by atoms with van der Waals surface area (Å²) in [6.07, 6.45) is 0. The molecule has 11 heavy (non-hydrogen) atoms. The molecule has 0 aromatic heterocycles. The monoisotopic (exact) mass is 192 g/mol. The first kappa shape index (κ1) is 9.26. The third-order valence-electron chi connectivity index (χ3n) is 1.40. The molecule has 2 unspecified atom stereocenters. The molecule has 0 aliphatic carbocycles. The van der Waals surface area contributed by atoms with Crippen molar-refractivity contribution in [2.75, 3.05) is 0 Å². The van der Waals surface area contributed by atoms with Crippen LogP contribution in [0, 0.1) is 0 Å². The van der Waals surface area contributed by atoms with Gasteiger partial charge in [-0.2, -0.15) is 5.10 Å². The van der Waals surface area contributed by atoms with E-state index in [1.54, 1.807) is 0 Å². The molecule has 2 atom stereocenters. The standard InChI is InChI=1S/C7H16N2S2/c1-6(2)10-5-8-9-11(10)7(3)4/h5-7,9H,1-4H3. The summed E-state index contributed by atoms with van der Waals surface area (Å²) in [6.45, 7) is 9.05. The van der Waals surface area contributed by atoms with Crippen LogP contribution in [0.1, 0.15) is 27.7 Å². The highest BCUT2D eigenvalue weighted by Gasteiger charge is 2.13. The van der Waals surface area contributed by atoms with Crippen LogP contribution in [-0.4, -0.2) is 16.0 Å². The fourth-order valence-corrected chi connectivity index (χ4v) is 6.12. The summed E-state index contributed by atoms with van der Waals surface area (Å²) in [7, 11) is 0.687. The van der Waals surface area contributed by atoms with Crippen LogP contribution in [0.15, 0.2) is 5.10 Å². The fourth-order valence-electron chi connectivity index (χ4n) is 0.871. The molecule has 0 amide bonds. The number of hydrazone groups is 1. The Balaban J connectivity index is 2.84. The van der Waals surface area contributed by atoms with Crippen LogP contribution in [0.2, 0.25) is 0 Å². The maximum absolute atomic E-state index is 4.14. The molecule has 0 radical (unpaired) electrons. The summed E-state index contributed by atoms with van der Waals surface area (Å²) in [5.74, 6) is 0. The first-order chi connectivity index (χ1) is 5.13. The van der Waals surface area contributed by atoms with Crippen molar-refractivity contribution in [2.45, 2.75) is 38.2 Å². The van der Waals surface area contributed by atoms with Gasteiger partial charge in [-0.25, -0.2) is 0 Å². The Hall–Kier alpha value is 0.170. The van der Waals surface area contributed by atoms with Crippen LogP contribution in [0.5, 0.6) is 0 Å². The molecule has 1 N–H and O–H groups in total. The predicted molar refractivity (Wildman–Crippen MR) is 56.6 cm³/mol. The quantitative estimate of drug-likeness (QED) is 0.703. The minimum absolute atomic E-state index is 0.309. The Morgan fingerprint density at radius 2 is 1.82 bits per heavy atom. The SMILES string of the molecule is CC(C)S1=S(C(C)C)NN=C1. The molecule has 0 bridgehead atoms. The summed E-state index contributed by atoms with van der Waals surface area (Å²) < 4.78 is 0. The molecule has 4 heteroatoms. The first-order valence-electron chi connectivity index (χ1n) is 3.87. The highest BCUT2D eigenvalue weighted by Crippen LogP contribution is 2.08. The van der Waals surface area contributed by atoms with Gasteiger partial charge in [-0.1, -0.05) is 37.1 Å². The lowest BCUT2D eigenvalue weighted by atomic mass is 10.6. The van der Waals surface area contributed by atoms with Gasteiger partial charge < -0.3 is 0 Å². The van der Waals surface area contributed by atoms with E-state index in [4.69, 9.17) is 0 Å². The van der Waals surface area contributed by atoms with E-state index in [9.17, 15) is 0 Å². The van der Waals surface area contributed by atoms with Gasteiger partial charge in [0.25, 0.3) is 0 Å². The summed E-state index contributed by atoms with van der Waals surface area (Å²) >= 11 is 0. The molecular weight excluding hydrogens is 176 g/mol. The first-order valence-corrected chi connectivity index (χ1v) is 7.02. The fraction of sp³-hybridized carbons (Fsp3) is 0.857. The van der Waals surface area contributed by atoms with Crippen molar-refractivity contribution in [3.05, 3.63) is 0 Å². The van der Waals surface area contributed by atoms with Gasteiger partial charge in [-0.3, -0.25) is 4.83 Å². The van der Waals surface area contributed by atoms with Gasteiger partial charge in [-0.15, -0.1) is 0 Å². The number of nitrogens with zero attached hydrogens (tertiary/aromatic N) is 1. The summed E-state index contributed by atoms with van der Waals surface area (Å²) in [5, 5.41) is 5.59. The molecule has 0 saturated carbocycles. The molecular formula is C7H16N2S2. The van der Waals surface area contributed by atoms with E-state index in [1.807, 2.05) is 0 Å². The average Bonchev–Trinajstić information content (AvgIpc) is 2.32. The Labute approximate surface area is 73.1 Å². The molecule has 0 aromatic rings. The van der Waals surface area contributed by atoms with E-state index in [0.717, 1.165) is 5.25 Å². The summed E-state index contributed by atoms with van der Waals surface area (Å²) in [6, 6.07) is 0. The molecule has 1 rings (SSSR count). The van der Waals surface area contributed by atoms with Gasteiger partial charge in [0.2, 0.25) is 0 Å². The van der Waals surface area contributed by atoms with E-state index in [2.05, 4.69) is 43.2 Å². The van der Waals surface area contributed by atoms with Crippen molar-refractivity contribution in [3.8, 4) is 0 Å². The zero-order chi connectivity index (χ0) is 8.43. The van der Waals surface area contributed by atoms with Crippen molar-refractivity contribution in [2.24, 2.45) is 5.10 Å². The van der Waals surface area contributed by atoms with E-state index in [-0.39, 0.29) is 0 Å². The summed E-state index contributed by atoms with van der Waals surface area (Å²) in [4.78, 5) is 3.20. The molecule has 66 valence electrons. The van der Waals surface area contributed by atoms with Crippen LogP contribution in [0.4, 0.5) is 0 Å². The van der Waals surface area contributed by atoms with E-state index in [0.29, 0.717) is 24.3 Å². The number of hydrogen-bond acceptors (Lipinski definition) is 2. The molecule has 0 spiro atoms. The van der Waals surface area contributed by atoms with Gasteiger partial charge in [-0.05, 0) is 9.64 Å². The Morgan fingerprint density at radius 3 is 2.18 bits per heavy atom. The topological polar surface area (TPSA) is 24.4 Å². The van der Waals surface area contributed by atoms with Crippen molar-refractivity contribution < 1.29 is 0 Å². The van der Waals surface area contributed by atoms with E-state index >= 15 is 0 Å². The Bertz CT molecular complexity index is 206. The zero-order valence-corrected chi connectivity index (χ0v) is 9.13. The second-order valence-electron chi connectivity index (χ2n) is 3.05. The molecule has 0 aromatic carbocycles. The molecule has 2 nitrogen and oxygen atoms in total. The van der Waals surface area contributed by atoms with Gasteiger partial charge in [0, 0.05) is 10.5 Å². The Morgan fingerprint density at radius 1 is 1.18 bits per heavy atom. The molecule has 0 fully saturated rings. The highest BCUT2D eigenvalue weighted by atomic mass is 32.9. The summed E-state index contributed by atoms with van der Waals surface area (Å²) in [5.41, 5.74) is 2.09. The Kier molecular flexibility index (Phi) is 3.13. The van der Waals surface area contributed by atoms with Crippen LogP contribution < -0.4 is 4.83 Å². The maximum atomic E-state index is 4.14. The molecule has 1 aliphatic heterocycles. The third kappa shape index (κ3) is 2.06. The maximum Gasteiger partial charge on any atom is 0.0821 e. The number of rotatable bonds is 2. The largest absolute Gasteiger partial charge is 0.252 e. The van der Waals surface area contributed by atoms with Gasteiger partial charge in [0.15, 0.2) is 0 Å². The van der Waals surface area contributed by atoms with Crippen molar-refractivity contribution in [1.82, 2.24) is 4.83 Å². The van der Waals surface area contributed by atoms with Gasteiger partial charge >= 0.3 is 0 Å². The van der Waals surface area contributed by atoms with Crippen LogP contribution in [0.25, 0.3) is 0 Å². The normalized spacial score (nSPS) is 30.0. The smallest absolute Gasteiger partial charge is 0.0821 e. The minimum Gasteiger partial charge on any atom is -0.252 e. The molecule has 0 saturated heterocycles. The average molecular weight is 192 g/mol. The van der Waals surface area contributed by atoms with Crippen LogP contribution >= 0.6 is 0 Å². The molecule has 1 aliphatic rings. The zero-order valence-electron chi connectivity index (χ0n) is 7.50. The lowest BCUT2D eigenvalue weighted by Crippen LogP contribution is -2.22. The van der Waals surface area contributed by atoms with Crippen molar-refractivity contribution in [3.63, 3.8) is 0 Å². The van der Waals surface area contributed by atoms with Crippen molar-refractivity contribution in [1.29, 1.82) is 0 Å². The number of nitrogens with one attached hydrogen (secondary N) is 1. The second-order valence-corrected chi connectivity index (χ2v) is 8.81. The van der Waals surface area contributed by atoms with E-state index in [1.165, 1.54) is 0 Å². The predicted octanol–water partition coefficient (Wildman–Crippen LogP) is 1.42. The molecule has 1 heterocycles. The third-order valence-corrected chi connectivity index (χ3v) is 8.23. The second kappa shape index (κ2) is 3.72.